The van der Waals surface area contributed by atoms with Crippen molar-refractivity contribution in [2.75, 3.05) is 33.0 Å². The van der Waals surface area contributed by atoms with E-state index in [1.807, 2.05) is 7.05 Å². The van der Waals surface area contributed by atoms with Gasteiger partial charge >= 0.3 is 5.97 Å². The minimum Gasteiger partial charge on any atom is -0.469 e. The van der Waals surface area contributed by atoms with Crippen LogP contribution in [0.5, 0.6) is 0 Å². The number of methoxy groups -OCH3 is 1. The van der Waals surface area contributed by atoms with E-state index in [0.717, 1.165) is 0 Å². The average Bonchev–Trinajstić information content (AvgIpc) is 2.41. The Kier molecular flexibility index (Phi) is 5.92. The Morgan fingerprint density at radius 1 is 1.45 bits per heavy atom. The number of ether oxygens (including phenoxy) is 1. The summed E-state index contributed by atoms with van der Waals surface area (Å²) in [6.07, 6.45) is 1.18. The maximum Gasteiger partial charge on any atom is 0.305 e. The lowest BCUT2D eigenvalue weighted by Crippen LogP contribution is -2.54. The molecule has 1 rings (SSSR count). The van der Waals surface area contributed by atoms with E-state index < -0.39 is 21.5 Å². The summed E-state index contributed by atoms with van der Waals surface area (Å²) in [5.74, 6) is -0.615. The first kappa shape index (κ1) is 16.9. The molecule has 0 unspecified atom stereocenters. The highest BCUT2D eigenvalue weighted by Crippen LogP contribution is 2.22. The molecule has 1 aliphatic rings. The van der Waals surface area contributed by atoms with Crippen molar-refractivity contribution < 1.29 is 17.9 Å². The molecule has 0 bridgehead atoms. The van der Waals surface area contributed by atoms with Crippen molar-refractivity contribution in [3.05, 3.63) is 0 Å². The molecule has 114 valence electrons. The summed E-state index contributed by atoms with van der Waals surface area (Å²) in [6, 6.07) is 2.10. The molecule has 0 saturated carbocycles. The maximum absolute atomic E-state index is 12.0. The normalized spacial score (nSPS) is 19.2. The highest BCUT2D eigenvalue weighted by Gasteiger charge is 2.37. The van der Waals surface area contributed by atoms with E-state index in [-0.39, 0.29) is 18.6 Å². The molecule has 0 amide bonds. The van der Waals surface area contributed by atoms with E-state index in [9.17, 15) is 18.5 Å². The molecule has 20 heavy (non-hydrogen) atoms. The molecule has 7 nitrogen and oxygen atoms in total. The molecule has 1 N–H and O–H groups in total. The van der Waals surface area contributed by atoms with Gasteiger partial charge in [0.25, 0.3) is 0 Å². The fraction of sp³-hybridized carbons (Fsp3) is 0.833. The number of nitrogens with one attached hydrogen (secondary N) is 1. The molecule has 1 saturated heterocycles. The smallest absolute Gasteiger partial charge is 0.305 e. The molecule has 1 heterocycles. The first-order valence-electron chi connectivity index (χ1n) is 6.51. The van der Waals surface area contributed by atoms with Gasteiger partial charge in [0.15, 0.2) is 0 Å². The molecular formula is C12H21N3O4S. The van der Waals surface area contributed by atoms with Crippen LogP contribution in [0.3, 0.4) is 0 Å². The van der Waals surface area contributed by atoms with Gasteiger partial charge in [0, 0.05) is 19.5 Å². The van der Waals surface area contributed by atoms with Gasteiger partial charge < -0.3 is 9.64 Å². The Morgan fingerprint density at radius 2 is 2.05 bits per heavy atom. The Labute approximate surface area is 119 Å². The molecular weight excluding hydrogens is 282 g/mol. The Bertz CT molecular complexity index is 475. The van der Waals surface area contributed by atoms with Gasteiger partial charge in [-0.25, -0.2) is 8.42 Å². The van der Waals surface area contributed by atoms with E-state index >= 15 is 0 Å². The second-order valence-corrected chi connectivity index (χ2v) is 6.94. The molecule has 0 aromatic heterocycles. The lowest BCUT2D eigenvalue weighted by molar-refractivity contribution is -0.140. The van der Waals surface area contributed by atoms with Gasteiger partial charge in [0.1, 0.15) is 5.54 Å². The average molecular weight is 303 g/mol. The largest absolute Gasteiger partial charge is 0.469 e. The maximum atomic E-state index is 12.0. The quantitative estimate of drug-likeness (QED) is 0.685. The number of hydrogen-bond donors (Lipinski definition) is 1. The zero-order valence-corrected chi connectivity index (χ0v) is 12.7. The van der Waals surface area contributed by atoms with Gasteiger partial charge in [0.05, 0.1) is 18.9 Å². The standard InChI is InChI=1S/C12H21N3O4S/c1-15-7-5-12(10-13,6-8-15)14-20(17,18)9-3-4-11(16)19-2/h14H,3-9H2,1-2H3. The Balaban J connectivity index is 2.56. The summed E-state index contributed by atoms with van der Waals surface area (Å²) in [5, 5.41) is 9.27. The molecule has 0 atom stereocenters. The van der Waals surface area contributed by atoms with Crippen LogP contribution in [0.15, 0.2) is 0 Å². The molecule has 0 aromatic carbocycles. The highest BCUT2D eigenvalue weighted by atomic mass is 32.2. The third kappa shape index (κ3) is 5.07. The van der Waals surface area contributed by atoms with Crippen LogP contribution in [0.1, 0.15) is 25.7 Å². The monoisotopic (exact) mass is 303 g/mol. The SMILES string of the molecule is COC(=O)CCCS(=O)(=O)NC1(C#N)CCN(C)CC1. The van der Waals surface area contributed by atoms with E-state index in [1.54, 1.807) is 0 Å². The van der Waals surface area contributed by atoms with Crippen LogP contribution in [0.25, 0.3) is 0 Å². The fourth-order valence-corrected chi connectivity index (χ4v) is 3.57. The van der Waals surface area contributed by atoms with Crippen LogP contribution < -0.4 is 4.72 Å². The number of hydrogen-bond acceptors (Lipinski definition) is 6. The number of piperidine rings is 1. The van der Waals surface area contributed by atoms with Crippen molar-refractivity contribution in [3.8, 4) is 6.07 Å². The highest BCUT2D eigenvalue weighted by molar-refractivity contribution is 7.89. The lowest BCUT2D eigenvalue weighted by Gasteiger charge is -2.35. The van der Waals surface area contributed by atoms with E-state index in [0.29, 0.717) is 25.9 Å². The van der Waals surface area contributed by atoms with Crippen molar-refractivity contribution >= 4 is 16.0 Å². The van der Waals surface area contributed by atoms with Crippen molar-refractivity contribution in [3.63, 3.8) is 0 Å². The summed E-state index contributed by atoms with van der Waals surface area (Å²) in [6.45, 7) is 1.36. The van der Waals surface area contributed by atoms with Crippen molar-refractivity contribution in [1.29, 1.82) is 5.26 Å². The molecule has 8 heteroatoms. The second-order valence-electron chi connectivity index (χ2n) is 5.10. The molecule has 1 fully saturated rings. The summed E-state index contributed by atoms with van der Waals surface area (Å²) in [4.78, 5) is 13.0. The van der Waals surface area contributed by atoms with Crippen LogP contribution >= 0.6 is 0 Å². The lowest BCUT2D eigenvalue weighted by atomic mass is 9.91. The number of esters is 1. The van der Waals surface area contributed by atoms with Crippen LogP contribution in [-0.4, -0.2) is 57.8 Å². The predicted octanol–water partition coefficient (Wildman–Crippen LogP) is -0.153. The topological polar surface area (TPSA) is 99.5 Å². The van der Waals surface area contributed by atoms with Crippen molar-refractivity contribution in [2.45, 2.75) is 31.2 Å². The van der Waals surface area contributed by atoms with Gasteiger partial charge in [-0.15, -0.1) is 0 Å². The van der Waals surface area contributed by atoms with Crippen molar-refractivity contribution in [2.24, 2.45) is 0 Å². The van der Waals surface area contributed by atoms with Crippen LogP contribution in [0.2, 0.25) is 0 Å². The van der Waals surface area contributed by atoms with Gasteiger partial charge in [-0.2, -0.15) is 9.98 Å². The summed E-state index contributed by atoms with van der Waals surface area (Å²) >= 11 is 0. The van der Waals surface area contributed by atoms with Crippen LogP contribution in [0, 0.1) is 11.3 Å². The molecule has 1 aliphatic heterocycles. The third-order valence-corrected chi connectivity index (χ3v) is 4.95. The number of nitriles is 1. The van der Waals surface area contributed by atoms with Crippen molar-refractivity contribution in [1.82, 2.24) is 9.62 Å². The van der Waals surface area contributed by atoms with E-state index in [2.05, 4.69) is 20.4 Å². The fourth-order valence-electron chi connectivity index (χ4n) is 2.09. The molecule has 0 spiro atoms. The van der Waals surface area contributed by atoms with Crippen LogP contribution in [-0.2, 0) is 19.6 Å². The molecule has 0 aliphatic carbocycles. The minimum absolute atomic E-state index is 0.0553. The summed E-state index contributed by atoms with van der Waals surface area (Å²) in [5.41, 5.74) is -1.02. The van der Waals surface area contributed by atoms with Gasteiger partial charge in [-0.1, -0.05) is 0 Å². The Hall–Kier alpha value is -1.17. The van der Waals surface area contributed by atoms with Gasteiger partial charge in [-0.3, -0.25) is 4.79 Å². The summed E-state index contributed by atoms with van der Waals surface area (Å²) in [7, 11) is -0.373. The van der Waals surface area contributed by atoms with Gasteiger partial charge in [0.2, 0.25) is 10.0 Å². The first-order valence-corrected chi connectivity index (χ1v) is 8.16. The van der Waals surface area contributed by atoms with E-state index in [1.165, 1.54) is 7.11 Å². The summed E-state index contributed by atoms with van der Waals surface area (Å²) < 4.78 is 30.9. The molecule has 0 aromatic rings. The number of likely N-dealkylation sites (tertiary alicyclic amines) is 1. The number of carbonyl (C=O) groups excluding carboxylic acids is 1. The predicted molar refractivity (Wildman–Crippen MR) is 73.2 cm³/mol. The zero-order chi connectivity index (χ0) is 15.2. The first-order chi connectivity index (χ1) is 9.32. The van der Waals surface area contributed by atoms with Gasteiger partial charge in [-0.05, 0) is 26.3 Å². The zero-order valence-electron chi connectivity index (χ0n) is 11.9. The number of nitrogens with zero attached hydrogens (tertiary/aromatic N) is 2. The minimum atomic E-state index is -3.57. The number of rotatable bonds is 6. The third-order valence-electron chi connectivity index (χ3n) is 3.43. The van der Waals surface area contributed by atoms with Crippen LogP contribution in [0.4, 0.5) is 0 Å². The van der Waals surface area contributed by atoms with E-state index in [4.69, 9.17) is 0 Å². The number of carbonyl (C=O) groups is 1. The second kappa shape index (κ2) is 7.02. The Morgan fingerprint density at radius 3 is 2.55 bits per heavy atom. The molecule has 0 radical (unpaired) electrons. The number of sulfonamides is 1.